The normalized spacial score (nSPS) is 12.3. The SMILES string of the molecule is Cc1cc(C(=O)N=c2sc3c4ccccc4ccc3n2C)on1. The van der Waals surface area contributed by atoms with Crippen LogP contribution in [0.5, 0.6) is 0 Å². The van der Waals surface area contributed by atoms with Crippen molar-refractivity contribution < 1.29 is 9.32 Å². The minimum absolute atomic E-state index is 0.157. The highest BCUT2D eigenvalue weighted by atomic mass is 32.1. The van der Waals surface area contributed by atoms with E-state index in [4.69, 9.17) is 4.52 Å². The molecule has 4 aromatic rings. The predicted octanol–water partition coefficient (Wildman–Crippen LogP) is 3.43. The highest BCUT2D eigenvalue weighted by Gasteiger charge is 2.12. The van der Waals surface area contributed by atoms with Crippen LogP contribution >= 0.6 is 11.3 Å². The molecule has 114 valence electrons. The number of amides is 1. The number of rotatable bonds is 1. The quantitative estimate of drug-likeness (QED) is 0.539. The van der Waals surface area contributed by atoms with Crippen molar-refractivity contribution >= 4 is 38.2 Å². The second kappa shape index (κ2) is 5.17. The summed E-state index contributed by atoms with van der Waals surface area (Å²) in [6.45, 7) is 1.77. The van der Waals surface area contributed by atoms with Crippen LogP contribution in [0.15, 0.2) is 52.0 Å². The van der Waals surface area contributed by atoms with Crippen molar-refractivity contribution in [2.45, 2.75) is 6.92 Å². The first-order valence-electron chi connectivity index (χ1n) is 7.13. The van der Waals surface area contributed by atoms with Gasteiger partial charge in [-0.05, 0) is 18.4 Å². The number of hydrogen-bond donors (Lipinski definition) is 0. The fourth-order valence-electron chi connectivity index (χ4n) is 2.57. The average molecular weight is 323 g/mol. The maximum atomic E-state index is 12.2. The van der Waals surface area contributed by atoms with E-state index in [1.54, 1.807) is 13.0 Å². The van der Waals surface area contributed by atoms with Gasteiger partial charge >= 0.3 is 5.91 Å². The largest absolute Gasteiger partial charge is 0.351 e. The van der Waals surface area contributed by atoms with Gasteiger partial charge in [-0.25, -0.2) is 0 Å². The molecule has 0 unspecified atom stereocenters. The molecule has 6 heteroatoms. The van der Waals surface area contributed by atoms with Crippen LogP contribution < -0.4 is 4.80 Å². The van der Waals surface area contributed by atoms with Gasteiger partial charge in [-0.15, -0.1) is 0 Å². The van der Waals surface area contributed by atoms with E-state index in [1.807, 2.05) is 23.7 Å². The van der Waals surface area contributed by atoms with Crippen molar-refractivity contribution in [1.82, 2.24) is 9.72 Å². The van der Waals surface area contributed by atoms with E-state index in [0.717, 1.165) is 15.6 Å². The van der Waals surface area contributed by atoms with Crippen LogP contribution in [-0.4, -0.2) is 15.6 Å². The maximum Gasteiger partial charge on any atom is 0.318 e. The summed E-state index contributed by atoms with van der Waals surface area (Å²) in [6.07, 6.45) is 0. The molecule has 0 saturated heterocycles. The Kier molecular flexibility index (Phi) is 3.12. The van der Waals surface area contributed by atoms with Crippen LogP contribution in [0.2, 0.25) is 0 Å². The Morgan fingerprint density at radius 3 is 2.87 bits per heavy atom. The van der Waals surface area contributed by atoms with Crippen LogP contribution in [0.25, 0.3) is 21.0 Å². The van der Waals surface area contributed by atoms with Crippen molar-refractivity contribution in [2.24, 2.45) is 12.0 Å². The number of fused-ring (bicyclic) bond motifs is 3. The molecule has 5 nitrogen and oxygen atoms in total. The van der Waals surface area contributed by atoms with Gasteiger partial charge in [-0.2, -0.15) is 4.99 Å². The zero-order valence-electron chi connectivity index (χ0n) is 12.6. The molecule has 2 aromatic heterocycles. The first-order chi connectivity index (χ1) is 11.1. The van der Waals surface area contributed by atoms with Gasteiger partial charge in [0.15, 0.2) is 4.80 Å². The number of benzene rings is 2. The third kappa shape index (κ3) is 2.27. The van der Waals surface area contributed by atoms with Gasteiger partial charge in [-0.1, -0.05) is 46.8 Å². The number of aromatic nitrogens is 2. The highest BCUT2D eigenvalue weighted by molar-refractivity contribution is 7.17. The number of carbonyl (C=O) groups is 1. The summed E-state index contributed by atoms with van der Waals surface area (Å²) >= 11 is 1.50. The molecule has 1 amide bonds. The minimum atomic E-state index is -0.419. The molecule has 4 rings (SSSR count). The summed E-state index contributed by atoms with van der Waals surface area (Å²) in [4.78, 5) is 17.0. The molecule has 23 heavy (non-hydrogen) atoms. The standard InChI is InChI=1S/C17H13N3O2S/c1-10-9-14(22-19-10)16(21)18-17-20(2)13-8-7-11-5-3-4-6-12(11)15(13)23-17/h3-9H,1-2H3. The van der Waals surface area contributed by atoms with E-state index in [2.05, 4.69) is 34.4 Å². The molecular formula is C17H13N3O2S. The lowest BCUT2D eigenvalue weighted by atomic mass is 10.1. The monoisotopic (exact) mass is 323 g/mol. The van der Waals surface area contributed by atoms with Crippen LogP contribution in [0.3, 0.4) is 0 Å². The first kappa shape index (κ1) is 13.9. The Morgan fingerprint density at radius 1 is 1.26 bits per heavy atom. The summed E-state index contributed by atoms with van der Waals surface area (Å²) in [6, 6.07) is 13.9. The number of nitrogens with zero attached hydrogens (tertiary/aromatic N) is 3. The summed E-state index contributed by atoms with van der Waals surface area (Å²) in [5, 5.41) is 6.06. The van der Waals surface area contributed by atoms with E-state index in [1.165, 1.54) is 16.7 Å². The molecule has 0 N–H and O–H groups in total. The van der Waals surface area contributed by atoms with Crippen LogP contribution in [0.4, 0.5) is 0 Å². The highest BCUT2D eigenvalue weighted by Crippen LogP contribution is 2.27. The second-order valence-corrected chi connectivity index (χ2v) is 6.31. The second-order valence-electron chi connectivity index (χ2n) is 5.33. The zero-order valence-corrected chi connectivity index (χ0v) is 13.4. The van der Waals surface area contributed by atoms with Crippen molar-refractivity contribution in [3.63, 3.8) is 0 Å². The first-order valence-corrected chi connectivity index (χ1v) is 7.95. The molecule has 2 aromatic carbocycles. The number of thiazole rings is 1. The molecule has 0 spiro atoms. The number of carbonyl (C=O) groups excluding carboxylic acids is 1. The Labute approximate surface area is 135 Å². The smallest absolute Gasteiger partial charge is 0.318 e. The van der Waals surface area contributed by atoms with Gasteiger partial charge in [-0.3, -0.25) is 4.79 Å². The lowest BCUT2D eigenvalue weighted by Gasteiger charge is -1.99. The molecule has 0 aliphatic rings. The van der Waals surface area contributed by atoms with Crippen molar-refractivity contribution in [2.75, 3.05) is 0 Å². The molecule has 2 heterocycles. The Hall–Kier alpha value is -2.73. The van der Waals surface area contributed by atoms with E-state index in [-0.39, 0.29) is 5.76 Å². The summed E-state index contributed by atoms with van der Waals surface area (Å²) in [7, 11) is 1.91. The molecule has 0 aliphatic carbocycles. The summed E-state index contributed by atoms with van der Waals surface area (Å²) in [5.74, 6) is -0.262. The van der Waals surface area contributed by atoms with Crippen LogP contribution in [-0.2, 0) is 7.05 Å². The fourth-order valence-corrected chi connectivity index (χ4v) is 3.72. The fraction of sp³-hybridized carbons (Fsp3) is 0.118. The number of hydrogen-bond acceptors (Lipinski definition) is 4. The third-order valence-electron chi connectivity index (χ3n) is 3.74. The summed E-state index contributed by atoms with van der Waals surface area (Å²) < 4.78 is 8.03. The molecule has 0 bridgehead atoms. The number of aryl methyl sites for hydroxylation is 2. The topological polar surface area (TPSA) is 60.4 Å². The van der Waals surface area contributed by atoms with Gasteiger partial charge in [0.25, 0.3) is 0 Å². The molecular weight excluding hydrogens is 310 g/mol. The van der Waals surface area contributed by atoms with Gasteiger partial charge in [0.1, 0.15) is 0 Å². The van der Waals surface area contributed by atoms with Gasteiger partial charge < -0.3 is 9.09 Å². The van der Waals surface area contributed by atoms with E-state index < -0.39 is 5.91 Å². The van der Waals surface area contributed by atoms with Gasteiger partial charge in [0, 0.05) is 18.5 Å². The van der Waals surface area contributed by atoms with Crippen molar-refractivity contribution in [3.05, 3.63) is 58.7 Å². The Bertz CT molecular complexity index is 1120. The Morgan fingerprint density at radius 2 is 2.09 bits per heavy atom. The van der Waals surface area contributed by atoms with Crippen molar-refractivity contribution in [1.29, 1.82) is 0 Å². The Balaban J connectivity index is 1.94. The summed E-state index contributed by atoms with van der Waals surface area (Å²) in [5.41, 5.74) is 1.71. The average Bonchev–Trinajstić information content (AvgIpc) is 3.12. The third-order valence-corrected chi connectivity index (χ3v) is 4.92. The molecule has 0 fully saturated rings. The van der Waals surface area contributed by atoms with Crippen LogP contribution in [0.1, 0.15) is 16.2 Å². The maximum absolute atomic E-state index is 12.2. The molecule has 0 aliphatic heterocycles. The van der Waals surface area contributed by atoms with Crippen LogP contribution in [0, 0.1) is 6.92 Å². The van der Waals surface area contributed by atoms with E-state index in [0.29, 0.717) is 10.5 Å². The predicted molar refractivity (Wildman–Crippen MR) is 89.4 cm³/mol. The zero-order chi connectivity index (χ0) is 16.0. The minimum Gasteiger partial charge on any atom is -0.351 e. The lowest BCUT2D eigenvalue weighted by molar-refractivity contribution is 0.0962. The lowest BCUT2D eigenvalue weighted by Crippen LogP contribution is -2.12. The molecule has 0 atom stereocenters. The van der Waals surface area contributed by atoms with Gasteiger partial charge in [0.05, 0.1) is 15.9 Å². The molecule has 0 radical (unpaired) electrons. The van der Waals surface area contributed by atoms with E-state index >= 15 is 0 Å². The molecule has 0 saturated carbocycles. The van der Waals surface area contributed by atoms with E-state index in [9.17, 15) is 4.79 Å². The van der Waals surface area contributed by atoms with Crippen molar-refractivity contribution in [3.8, 4) is 0 Å². The van der Waals surface area contributed by atoms with Gasteiger partial charge in [0.2, 0.25) is 5.76 Å².